The number of carbonyl (C=O) groups is 1. The van der Waals surface area contributed by atoms with E-state index in [1.54, 1.807) is 31.2 Å². The minimum Gasteiger partial charge on any atom is -0.454 e. The Balaban J connectivity index is 1.48. The number of hydrogen-bond donors (Lipinski definition) is 2. The largest absolute Gasteiger partial charge is 0.454 e. The summed E-state index contributed by atoms with van der Waals surface area (Å²) >= 11 is 0. The molecule has 1 aliphatic rings. The molecule has 3 aromatic rings. The van der Waals surface area contributed by atoms with Crippen LogP contribution in [0.15, 0.2) is 65.6 Å². The van der Waals surface area contributed by atoms with Crippen LogP contribution in [0.4, 0.5) is 10.1 Å². The van der Waals surface area contributed by atoms with Gasteiger partial charge < -0.3 is 14.8 Å². The molecule has 31 heavy (non-hydrogen) atoms. The average Bonchev–Trinajstić information content (AvgIpc) is 3.21. The molecular weight excluding hydrogens is 423 g/mol. The van der Waals surface area contributed by atoms with E-state index in [-0.39, 0.29) is 29.8 Å². The molecule has 0 bridgehead atoms. The van der Waals surface area contributed by atoms with Crippen molar-refractivity contribution < 1.29 is 27.1 Å². The van der Waals surface area contributed by atoms with Crippen LogP contribution in [0, 0.1) is 12.7 Å². The predicted molar refractivity (Wildman–Crippen MR) is 112 cm³/mol. The maximum absolute atomic E-state index is 13.1. The van der Waals surface area contributed by atoms with Crippen LogP contribution in [0.25, 0.3) is 0 Å². The van der Waals surface area contributed by atoms with Crippen LogP contribution in [0.5, 0.6) is 11.5 Å². The van der Waals surface area contributed by atoms with Gasteiger partial charge in [-0.2, -0.15) is 0 Å². The molecule has 0 aliphatic carbocycles. The first-order valence-electron chi connectivity index (χ1n) is 9.37. The topological polar surface area (TPSA) is 93.7 Å². The fourth-order valence-corrected chi connectivity index (χ4v) is 4.15. The SMILES string of the molecule is Cc1ccc(C(=O)NCc2ccc3c(c2)OCO3)cc1NS(=O)(=O)c1ccc(F)cc1. The normalized spacial score (nSPS) is 12.5. The summed E-state index contributed by atoms with van der Waals surface area (Å²) in [6.45, 7) is 2.15. The van der Waals surface area contributed by atoms with E-state index in [4.69, 9.17) is 9.47 Å². The van der Waals surface area contributed by atoms with Crippen molar-refractivity contribution in [3.63, 3.8) is 0 Å². The zero-order valence-electron chi connectivity index (χ0n) is 16.5. The molecule has 0 spiro atoms. The van der Waals surface area contributed by atoms with E-state index in [0.717, 1.165) is 17.7 Å². The van der Waals surface area contributed by atoms with E-state index in [0.29, 0.717) is 22.6 Å². The number of halogens is 1. The summed E-state index contributed by atoms with van der Waals surface area (Å²) in [5.41, 5.74) is 2.03. The van der Waals surface area contributed by atoms with Crippen LogP contribution < -0.4 is 19.5 Å². The van der Waals surface area contributed by atoms with E-state index in [1.165, 1.54) is 18.2 Å². The zero-order valence-corrected chi connectivity index (χ0v) is 17.3. The van der Waals surface area contributed by atoms with Gasteiger partial charge >= 0.3 is 0 Å². The molecule has 0 saturated carbocycles. The standard InChI is InChI=1S/C22H19FN2O5S/c1-14-2-4-16(11-19(14)25-31(27,28)18-7-5-17(23)6-8-18)22(26)24-12-15-3-9-20-21(10-15)30-13-29-20/h2-11,25H,12-13H2,1H3,(H,24,26). The third-order valence-electron chi connectivity index (χ3n) is 4.76. The summed E-state index contributed by atoms with van der Waals surface area (Å²) in [7, 11) is -3.93. The van der Waals surface area contributed by atoms with Crippen molar-refractivity contribution in [1.29, 1.82) is 0 Å². The maximum atomic E-state index is 13.1. The van der Waals surface area contributed by atoms with Gasteiger partial charge in [-0.15, -0.1) is 0 Å². The van der Waals surface area contributed by atoms with Crippen LogP contribution >= 0.6 is 0 Å². The summed E-state index contributed by atoms with van der Waals surface area (Å²) in [5.74, 6) is 0.391. The van der Waals surface area contributed by atoms with Gasteiger partial charge in [0.25, 0.3) is 15.9 Å². The fourth-order valence-electron chi connectivity index (χ4n) is 3.03. The number of nitrogens with one attached hydrogen (secondary N) is 2. The molecular formula is C22H19FN2O5S. The van der Waals surface area contributed by atoms with Gasteiger partial charge in [0.2, 0.25) is 6.79 Å². The second kappa shape index (κ2) is 8.27. The quantitative estimate of drug-likeness (QED) is 0.609. The smallest absolute Gasteiger partial charge is 0.261 e. The molecule has 3 aromatic carbocycles. The van der Waals surface area contributed by atoms with Crippen LogP contribution in [0.3, 0.4) is 0 Å². The molecule has 0 unspecified atom stereocenters. The van der Waals surface area contributed by atoms with E-state index < -0.39 is 15.8 Å². The Labute approximate surface area is 178 Å². The molecule has 0 radical (unpaired) electrons. The van der Waals surface area contributed by atoms with Gasteiger partial charge in [-0.1, -0.05) is 12.1 Å². The molecule has 4 rings (SSSR count). The maximum Gasteiger partial charge on any atom is 0.261 e. The molecule has 0 saturated heterocycles. The van der Waals surface area contributed by atoms with E-state index in [2.05, 4.69) is 10.0 Å². The molecule has 1 heterocycles. The zero-order chi connectivity index (χ0) is 22.0. The first kappa shape index (κ1) is 20.7. The molecule has 0 aromatic heterocycles. The van der Waals surface area contributed by atoms with Crippen LogP contribution in [-0.4, -0.2) is 21.1 Å². The number of sulfonamides is 1. The summed E-state index contributed by atoms with van der Waals surface area (Å²) in [6.07, 6.45) is 0. The Bertz CT molecular complexity index is 1240. The lowest BCUT2D eigenvalue weighted by Crippen LogP contribution is -2.23. The first-order valence-corrected chi connectivity index (χ1v) is 10.9. The number of carbonyl (C=O) groups excluding carboxylic acids is 1. The Morgan fingerprint density at radius 2 is 1.74 bits per heavy atom. The highest BCUT2D eigenvalue weighted by atomic mass is 32.2. The van der Waals surface area contributed by atoms with Crippen LogP contribution in [0.2, 0.25) is 0 Å². The summed E-state index contributed by atoms with van der Waals surface area (Å²) in [4.78, 5) is 12.5. The minimum atomic E-state index is -3.93. The molecule has 0 atom stereocenters. The molecule has 7 nitrogen and oxygen atoms in total. The van der Waals surface area contributed by atoms with Gasteiger partial charge in [-0.3, -0.25) is 9.52 Å². The van der Waals surface area contributed by atoms with Crippen molar-refractivity contribution in [3.8, 4) is 11.5 Å². The Morgan fingerprint density at radius 3 is 2.52 bits per heavy atom. The average molecular weight is 442 g/mol. The van der Waals surface area contributed by atoms with Crippen molar-refractivity contribution in [2.24, 2.45) is 0 Å². The number of benzene rings is 3. The first-order chi connectivity index (χ1) is 14.8. The number of anilines is 1. The van der Waals surface area contributed by atoms with Gasteiger partial charge in [0.15, 0.2) is 11.5 Å². The van der Waals surface area contributed by atoms with Crippen LogP contribution in [0.1, 0.15) is 21.5 Å². The Hall–Kier alpha value is -3.59. The third-order valence-corrected chi connectivity index (χ3v) is 6.14. The molecule has 9 heteroatoms. The van der Waals surface area contributed by atoms with Gasteiger partial charge in [-0.25, -0.2) is 12.8 Å². The van der Waals surface area contributed by atoms with Crippen molar-refractivity contribution in [2.45, 2.75) is 18.4 Å². The lowest BCUT2D eigenvalue weighted by atomic mass is 10.1. The number of aryl methyl sites for hydroxylation is 1. The van der Waals surface area contributed by atoms with Gasteiger partial charge in [0, 0.05) is 12.1 Å². The van der Waals surface area contributed by atoms with Crippen molar-refractivity contribution in [1.82, 2.24) is 5.32 Å². The van der Waals surface area contributed by atoms with E-state index >= 15 is 0 Å². The van der Waals surface area contributed by atoms with E-state index in [9.17, 15) is 17.6 Å². The molecule has 1 aliphatic heterocycles. The number of rotatable bonds is 6. The number of amides is 1. The third kappa shape index (κ3) is 4.61. The summed E-state index contributed by atoms with van der Waals surface area (Å²) < 4.78 is 51.3. The Kier molecular flexibility index (Phi) is 5.51. The van der Waals surface area contributed by atoms with Gasteiger partial charge in [0.05, 0.1) is 10.6 Å². The highest BCUT2D eigenvalue weighted by Crippen LogP contribution is 2.32. The monoisotopic (exact) mass is 442 g/mol. The number of ether oxygens (including phenoxy) is 2. The van der Waals surface area contributed by atoms with Crippen LogP contribution in [-0.2, 0) is 16.6 Å². The predicted octanol–water partition coefficient (Wildman–Crippen LogP) is 3.59. The fraction of sp³-hybridized carbons (Fsp3) is 0.136. The number of fused-ring (bicyclic) bond motifs is 1. The van der Waals surface area contributed by atoms with Crippen molar-refractivity contribution >= 4 is 21.6 Å². The van der Waals surface area contributed by atoms with Gasteiger partial charge in [0.1, 0.15) is 5.82 Å². The summed E-state index contributed by atoms with van der Waals surface area (Å²) in [5, 5.41) is 2.80. The highest BCUT2D eigenvalue weighted by Gasteiger charge is 2.17. The molecule has 2 N–H and O–H groups in total. The summed E-state index contributed by atoms with van der Waals surface area (Å²) in [6, 6.07) is 14.6. The highest BCUT2D eigenvalue weighted by molar-refractivity contribution is 7.92. The van der Waals surface area contributed by atoms with Gasteiger partial charge in [-0.05, 0) is 66.6 Å². The van der Waals surface area contributed by atoms with Crippen molar-refractivity contribution in [3.05, 3.63) is 83.2 Å². The lowest BCUT2D eigenvalue weighted by molar-refractivity contribution is 0.0951. The molecule has 0 fully saturated rings. The molecule has 1 amide bonds. The van der Waals surface area contributed by atoms with E-state index in [1.807, 2.05) is 6.07 Å². The lowest BCUT2D eigenvalue weighted by Gasteiger charge is -2.13. The van der Waals surface area contributed by atoms with Crippen molar-refractivity contribution in [2.75, 3.05) is 11.5 Å². The second-order valence-corrected chi connectivity index (χ2v) is 8.64. The second-order valence-electron chi connectivity index (χ2n) is 6.96. The number of hydrogen-bond acceptors (Lipinski definition) is 5. The molecule has 160 valence electrons. The minimum absolute atomic E-state index is 0.0778. The Morgan fingerprint density at radius 1 is 1.00 bits per heavy atom.